The van der Waals surface area contributed by atoms with Crippen LogP contribution in [0.1, 0.15) is 226 Å². The van der Waals surface area contributed by atoms with Crippen molar-refractivity contribution in [3.63, 3.8) is 0 Å². The van der Waals surface area contributed by atoms with Gasteiger partial charge in [0, 0.05) is 19.4 Å². The SMILES string of the molecule is CCCCCC=CCCCCCCCCCCCC1(CCCCCCCCCCCCCCCCCC)OCC(CCN(C)C)O1. The molecule has 0 bridgehead atoms. The zero-order chi connectivity index (χ0) is 33.2. The minimum atomic E-state index is -0.294. The van der Waals surface area contributed by atoms with E-state index in [1.54, 1.807) is 0 Å². The molecule has 0 aromatic rings. The van der Waals surface area contributed by atoms with Gasteiger partial charge < -0.3 is 14.4 Å². The Morgan fingerprint density at radius 2 is 0.848 bits per heavy atom. The molecule has 46 heavy (non-hydrogen) atoms. The van der Waals surface area contributed by atoms with Crippen molar-refractivity contribution < 1.29 is 9.47 Å². The molecular weight excluding hydrogens is 562 g/mol. The molecule has 2 atom stereocenters. The van der Waals surface area contributed by atoms with E-state index in [1.807, 2.05) is 0 Å². The normalized spacial score (nSPS) is 18.5. The van der Waals surface area contributed by atoms with Crippen molar-refractivity contribution in [1.29, 1.82) is 0 Å². The maximum atomic E-state index is 6.69. The number of hydrogen-bond donors (Lipinski definition) is 0. The lowest BCUT2D eigenvalue weighted by atomic mass is 9.98. The van der Waals surface area contributed by atoms with Gasteiger partial charge in [-0.2, -0.15) is 0 Å². The Hall–Kier alpha value is -0.380. The van der Waals surface area contributed by atoms with Crippen molar-refractivity contribution in [2.45, 2.75) is 238 Å². The van der Waals surface area contributed by atoms with Gasteiger partial charge in [-0.1, -0.05) is 180 Å². The maximum Gasteiger partial charge on any atom is 0.168 e. The van der Waals surface area contributed by atoms with Gasteiger partial charge in [0.25, 0.3) is 0 Å². The van der Waals surface area contributed by atoms with Gasteiger partial charge in [-0.05, 0) is 59.0 Å². The maximum absolute atomic E-state index is 6.69. The molecule has 0 aromatic heterocycles. The van der Waals surface area contributed by atoms with Gasteiger partial charge >= 0.3 is 0 Å². The fraction of sp³-hybridized carbons (Fsp3) is 0.953. The molecule has 0 saturated carbocycles. The first-order chi connectivity index (χ1) is 22.6. The molecular formula is C43H85NO2. The molecule has 1 saturated heterocycles. The van der Waals surface area contributed by atoms with E-state index in [2.05, 4.69) is 45.0 Å². The highest BCUT2D eigenvalue weighted by molar-refractivity contribution is 4.81. The molecule has 0 spiro atoms. The summed E-state index contributed by atoms with van der Waals surface area (Å²) in [5.41, 5.74) is 0. The van der Waals surface area contributed by atoms with Crippen molar-refractivity contribution >= 4 is 0 Å². The molecule has 1 fully saturated rings. The molecule has 3 nitrogen and oxygen atoms in total. The lowest BCUT2D eigenvalue weighted by molar-refractivity contribution is -0.180. The van der Waals surface area contributed by atoms with Crippen molar-refractivity contribution in [2.24, 2.45) is 0 Å². The largest absolute Gasteiger partial charge is 0.347 e. The second kappa shape index (κ2) is 33.1. The Kier molecular flexibility index (Phi) is 31.4. The van der Waals surface area contributed by atoms with Crippen LogP contribution in [-0.2, 0) is 9.47 Å². The lowest BCUT2D eigenvalue weighted by Crippen LogP contribution is -2.31. The third kappa shape index (κ3) is 27.6. The smallest absolute Gasteiger partial charge is 0.168 e. The van der Waals surface area contributed by atoms with Crippen molar-refractivity contribution in [1.82, 2.24) is 4.90 Å². The number of ether oxygens (including phenoxy) is 2. The zero-order valence-electron chi connectivity index (χ0n) is 32.2. The minimum absolute atomic E-state index is 0.278. The molecule has 0 aromatic carbocycles. The van der Waals surface area contributed by atoms with E-state index >= 15 is 0 Å². The summed E-state index contributed by atoms with van der Waals surface area (Å²) in [6.07, 6.45) is 50.1. The molecule has 1 heterocycles. The first kappa shape index (κ1) is 43.6. The Morgan fingerprint density at radius 1 is 0.500 bits per heavy atom. The van der Waals surface area contributed by atoms with Crippen LogP contribution >= 0.6 is 0 Å². The molecule has 2 unspecified atom stereocenters. The number of rotatable bonds is 36. The summed E-state index contributed by atoms with van der Waals surface area (Å²) in [4.78, 5) is 2.27. The Bertz CT molecular complexity index is 634. The van der Waals surface area contributed by atoms with Crippen LogP contribution in [0.25, 0.3) is 0 Å². The molecule has 3 heteroatoms. The van der Waals surface area contributed by atoms with Crippen molar-refractivity contribution in [2.75, 3.05) is 27.2 Å². The molecule has 274 valence electrons. The average Bonchev–Trinajstić information content (AvgIpc) is 3.46. The molecule has 0 N–H and O–H groups in total. The van der Waals surface area contributed by atoms with E-state index in [4.69, 9.17) is 9.47 Å². The van der Waals surface area contributed by atoms with Crippen molar-refractivity contribution in [3.05, 3.63) is 12.2 Å². The topological polar surface area (TPSA) is 21.7 Å². The number of allylic oxidation sites excluding steroid dienone is 2. The van der Waals surface area contributed by atoms with Crippen molar-refractivity contribution in [3.8, 4) is 0 Å². The summed E-state index contributed by atoms with van der Waals surface area (Å²) in [5, 5.41) is 0. The van der Waals surface area contributed by atoms with E-state index in [1.165, 1.54) is 193 Å². The van der Waals surface area contributed by atoms with Crippen LogP contribution < -0.4 is 0 Å². The highest BCUT2D eigenvalue weighted by Crippen LogP contribution is 2.35. The molecule has 1 aliphatic rings. The Labute approximate surface area is 290 Å². The second-order valence-corrected chi connectivity index (χ2v) is 15.3. The van der Waals surface area contributed by atoms with Crippen LogP contribution in [0.5, 0.6) is 0 Å². The molecule has 1 aliphatic heterocycles. The summed E-state index contributed by atoms with van der Waals surface area (Å²) in [6.45, 7) is 6.46. The summed E-state index contributed by atoms with van der Waals surface area (Å²) in [7, 11) is 4.32. The van der Waals surface area contributed by atoms with Crippen LogP contribution in [0.15, 0.2) is 12.2 Å². The number of hydrogen-bond acceptors (Lipinski definition) is 3. The van der Waals surface area contributed by atoms with Crippen LogP contribution in [-0.4, -0.2) is 44.0 Å². The van der Waals surface area contributed by atoms with Gasteiger partial charge in [0.2, 0.25) is 0 Å². The third-order valence-corrected chi connectivity index (χ3v) is 10.3. The Morgan fingerprint density at radius 3 is 1.26 bits per heavy atom. The van der Waals surface area contributed by atoms with Gasteiger partial charge in [0.05, 0.1) is 12.7 Å². The highest BCUT2D eigenvalue weighted by Gasteiger charge is 2.40. The van der Waals surface area contributed by atoms with E-state index < -0.39 is 0 Å². The lowest BCUT2D eigenvalue weighted by Gasteiger charge is -2.29. The standard InChI is InChI=1S/C43H85NO2/c1-5-7-9-11-13-15-17-19-21-23-25-27-29-31-33-35-38-43(45-41-42(46-43)37-40-44(3)4)39-36-34-32-30-28-26-24-22-20-18-16-14-12-10-8-6-2/h13,15,42H,5-12,14,16-41H2,1-4H3. The summed E-state index contributed by atoms with van der Waals surface area (Å²) in [6, 6.07) is 0. The van der Waals surface area contributed by atoms with Gasteiger partial charge in [0.15, 0.2) is 5.79 Å². The van der Waals surface area contributed by atoms with Gasteiger partial charge in [-0.3, -0.25) is 0 Å². The summed E-state index contributed by atoms with van der Waals surface area (Å²) in [5.74, 6) is -0.294. The number of unbranched alkanes of at least 4 members (excludes halogenated alkanes) is 27. The quantitative estimate of drug-likeness (QED) is 0.0499. The van der Waals surface area contributed by atoms with Crippen LogP contribution in [0.3, 0.4) is 0 Å². The highest BCUT2D eigenvalue weighted by atomic mass is 16.7. The second-order valence-electron chi connectivity index (χ2n) is 15.3. The Balaban J connectivity index is 2.09. The fourth-order valence-electron chi connectivity index (χ4n) is 7.13. The van der Waals surface area contributed by atoms with Gasteiger partial charge in [-0.15, -0.1) is 0 Å². The number of nitrogens with zero attached hydrogens (tertiary/aromatic N) is 1. The predicted molar refractivity (Wildman–Crippen MR) is 205 cm³/mol. The van der Waals surface area contributed by atoms with Gasteiger partial charge in [0.1, 0.15) is 0 Å². The monoisotopic (exact) mass is 648 g/mol. The van der Waals surface area contributed by atoms with Gasteiger partial charge in [-0.25, -0.2) is 0 Å². The van der Waals surface area contributed by atoms with Crippen LogP contribution in [0.4, 0.5) is 0 Å². The van der Waals surface area contributed by atoms with Crippen LogP contribution in [0.2, 0.25) is 0 Å². The van der Waals surface area contributed by atoms with Crippen LogP contribution in [0, 0.1) is 0 Å². The first-order valence-electron chi connectivity index (χ1n) is 21.2. The first-order valence-corrected chi connectivity index (χ1v) is 21.2. The van der Waals surface area contributed by atoms with E-state index in [0.717, 1.165) is 32.4 Å². The van der Waals surface area contributed by atoms with E-state index in [0.29, 0.717) is 0 Å². The van der Waals surface area contributed by atoms with E-state index in [-0.39, 0.29) is 11.9 Å². The zero-order valence-corrected chi connectivity index (χ0v) is 32.2. The summed E-state index contributed by atoms with van der Waals surface area (Å²) >= 11 is 0. The molecule has 0 aliphatic carbocycles. The average molecular weight is 648 g/mol. The minimum Gasteiger partial charge on any atom is -0.347 e. The molecule has 1 rings (SSSR count). The molecule has 0 radical (unpaired) electrons. The van der Waals surface area contributed by atoms with E-state index in [9.17, 15) is 0 Å². The predicted octanol–water partition coefficient (Wildman–Crippen LogP) is 14.1. The third-order valence-electron chi connectivity index (χ3n) is 10.3. The fourth-order valence-corrected chi connectivity index (χ4v) is 7.13. The molecule has 0 amide bonds. The summed E-state index contributed by atoms with van der Waals surface area (Å²) < 4.78 is 13.2.